The maximum atomic E-state index is 11.2. The van der Waals surface area contributed by atoms with Crippen molar-refractivity contribution in [2.24, 2.45) is 0 Å². The van der Waals surface area contributed by atoms with Crippen molar-refractivity contribution in [2.75, 3.05) is 47.4 Å². The molecular formula is C15H25N3O2S. The Morgan fingerprint density at radius 3 is 2.90 bits per heavy atom. The van der Waals surface area contributed by atoms with Gasteiger partial charge in [0.2, 0.25) is 0 Å². The summed E-state index contributed by atoms with van der Waals surface area (Å²) in [5, 5.41) is 3.53. The maximum Gasteiger partial charge on any atom is 0.310 e. The predicted octanol–water partition coefficient (Wildman–Crippen LogP) is 0.799. The molecule has 2 rings (SSSR count). The molecule has 5 nitrogen and oxygen atoms in total. The van der Waals surface area contributed by atoms with Gasteiger partial charge < -0.3 is 15.0 Å². The van der Waals surface area contributed by atoms with E-state index >= 15 is 0 Å². The summed E-state index contributed by atoms with van der Waals surface area (Å²) in [5.41, 5.74) is 0. The Balaban J connectivity index is 1.74. The molecule has 1 aromatic heterocycles. The second-order valence-corrected chi connectivity index (χ2v) is 6.90. The smallest absolute Gasteiger partial charge is 0.310 e. The summed E-state index contributed by atoms with van der Waals surface area (Å²) in [5.74, 6) is -0.178. The Bertz CT molecular complexity index is 464. The van der Waals surface area contributed by atoms with Crippen molar-refractivity contribution in [1.29, 1.82) is 0 Å². The van der Waals surface area contributed by atoms with Crippen molar-refractivity contribution in [2.45, 2.75) is 19.0 Å². The first-order valence-electron chi connectivity index (χ1n) is 7.32. The fourth-order valence-electron chi connectivity index (χ4n) is 2.51. The van der Waals surface area contributed by atoms with Gasteiger partial charge >= 0.3 is 5.97 Å². The Kier molecular flexibility index (Phi) is 6.17. The molecule has 1 atom stereocenters. The van der Waals surface area contributed by atoms with Crippen LogP contribution >= 0.6 is 11.3 Å². The van der Waals surface area contributed by atoms with Gasteiger partial charge in [-0.1, -0.05) is 0 Å². The first kappa shape index (κ1) is 16.4. The molecule has 118 valence electrons. The molecular weight excluding hydrogens is 286 g/mol. The van der Waals surface area contributed by atoms with Crippen molar-refractivity contribution >= 4 is 17.3 Å². The molecule has 0 spiro atoms. The van der Waals surface area contributed by atoms with Gasteiger partial charge in [0.1, 0.15) is 0 Å². The fraction of sp³-hybridized carbons (Fsp3) is 0.667. The van der Waals surface area contributed by atoms with Crippen LogP contribution in [-0.2, 0) is 22.5 Å². The zero-order valence-electron chi connectivity index (χ0n) is 13.1. The molecule has 0 radical (unpaired) electrons. The van der Waals surface area contributed by atoms with Crippen LogP contribution in [-0.4, -0.2) is 69.2 Å². The molecule has 6 heteroatoms. The Labute approximate surface area is 130 Å². The van der Waals surface area contributed by atoms with E-state index in [9.17, 15) is 4.79 Å². The molecule has 1 aliphatic rings. The number of hydrogen-bond donors (Lipinski definition) is 1. The second-order valence-electron chi connectivity index (χ2n) is 5.65. The highest BCUT2D eigenvalue weighted by Crippen LogP contribution is 2.17. The summed E-state index contributed by atoms with van der Waals surface area (Å²) >= 11 is 1.68. The average molecular weight is 311 g/mol. The molecule has 1 aliphatic heterocycles. The minimum absolute atomic E-state index is 0.178. The van der Waals surface area contributed by atoms with Gasteiger partial charge in [-0.15, -0.1) is 11.3 Å². The van der Waals surface area contributed by atoms with E-state index in [4.69, 9.17) is 0 Å². The SMILES string of the molecule is COC(=O)Cc1ccc(CNCC2CN(C)CCN2C)s1. The van der Waals surface area contributed by atoms with E-state index in [1.807, 2.05) is 6.07 Å². The van der Waals surface area contributed by atoms with Gasteiger partial charge in [0.25, 0.3) is 0 Å². The highest BCUT2D eigenvalue weighted by molar-refractivity contribution is 7.12. The number of nitrogens with one attached hydrogen (secondary N) is 1. The standard InChI is InChI=1S/C15H25N3O2S/c1-17-6-7-18(2)12(11-17)9-16-10-14-5-4-13(21-14)8-15(19)20-3/h4-5,12,16H,6-11H2,1-3H3. The molecule has 1 aromatic rings. The Morgan fingerprint density at radius 1 is 1.38 bits per heavy atom. The van der Waals surface area contributed by atoms with E-state index in [1.54, 1.807) is 11.3 Å². The normalized spacial score (nSPS) is 20.6. The molecule has 21 heavy (non-hydrogen) atoms. The summed E-state index contributed by atoms with van der Waals surface area (Å²) < 4.78 is 4.69. The van der Waals surface area contributed by atoms with Crippen molar-refractivity contribution in [3.63, 3.8) is 0 Å². The monoisotopic (exact) mass is 311 g/mol. The molecule has 0 aromatic carbocycles. The van der Waals surface area contributed by atoms with Crippen molar-refractivity contribution < 1.29 is 9.53 Å². The van der Waals surface area contributed by atoms with Crippen LogP contribution in [0.1, 0.15) is 9.75 Å². The number of thiophene rings is 1. The van der Waals surface area contributed by atoms with Crippen molar-refractivity contribution in [3.8, 4) is 0 Å². The van der Waals surface area contributed by atoms with Crippen LogP contribution in [0.4, 0.5) is 0 Å². The van der Waals surface area contributed by atoms with Gasteiger partial charge in [0, 0.05) is 48.5 Å². The highest BCUT2D eigenvalue weighted by Gasteiger charge is 2.21. The van der Waals surface area contributed by atoms with Crippen LogP contribution in [0.2, 0.25) is 0 Å². The van der Waals surface area contributed by atoms with Gasteiger partial charge in [-0.25, -0.2) is 0 Å². The molecule has 2 heterocycles. The highest BCUT2D eigenvalue weighted by atomic mass is 32.1. The van der Waals surface area contributed by atoms with Gasteiger partial charge in [0.05, 0.1) is 13.5 Å². The van der Waals surface area contributed by atoms with E-state index in [0.29, 0.717) is 12.5 Å². The lowest BCUT2D eigenvalue weighted by Gasteiger charge is -2.37. The van der Waals surface area contributed by atoms with Gasteiger partial charge in [0.15, 0.2) is 0 Å². The third kappa shape index (κ3) is 5.07. The summed E-state index contributed by atoms with van der Waals surface area (Å²) in [4.78, 5) is 18.4. The zero-order chi connectivity index (χ0) is 15.2. The lowest BCUT2D eigenvalue weighted by atomic mass is 10.2. The molecule has 0 aliphatic carbocycles. The van der Waals surface area contributed by atoms with Crippen molar-refractivity contribution in [3.05, 3.63) is 21.9 Å². The minimum atomic E-state index is -0.178. The molecule has 1 N–H and O–H groups in total. The average Bonchev–Trinajstić information content (AvgIpc) is 2.90. The summed E-state index contributed by atoms with van der Waals surface area (Å²) in [6.07, 6.45) is 0.372. The van der Waals surface area contributed by atoms with Gasteiger partial charge in [-0.2, -0.15) is 0 Å². The van der Waals surface area contributed by atoms with E-state index < -0.39 is 0 Å². The predicted molar refractivity (Wildman–Crippen MR) is 85.7 cm³/mol. The molecule has 1 saturated heterocycles. The molecule has 1 unspecified atom stereocenters. The topological polar surface area (TPSA) is 44.8 Å². The second kappa shape index (κ2) is 7.89. The van der Waals surface area contributed by atoms with Crippen LogP contribution in [0.25, 0.3) is 0 Å². The third-order valence-electron chi connectivity index (χ3n) is 3.92. The van der Waals surface area contributed by atoms with Crippen LogP contribution in [0.15, 0.2) is 12.1 Å². The van der Waals surface area contributed by atoms with E-state index in [1.165, 1.54) is 12.0 Å². The lowest BCUT2D eigenvalue weighted by Crippen LogP contribution is -2.53. The quantitative estimate of drug-likeness (QED) is 0.787. The number of esters is 1. The molecule has 0 bridgehead atoms. The molecule has 1 fully saturated rings. The maximum absolute atomic E-state index is 11.2. The first-order chi connectivity index (χ1) is 10.1. The Morgan fingerprint density at radius 2 is 2.14 bits per heavy atom. The summed E-state index contributed by atoms with van der Waals surface area (Å²) in [6, 6.07) is 4.67. The summed E-state index contributed by atoms with van der Waals surface area (Å²) in [7, 11) is 5.80. The fourth-order valence-corrected chi connectivity index (χ4v) is 3.48. The summed E-state index contributed by atoms with van der Waals surface area (Å²) in [6.45, 7) is 5.24. The van der Waals surface area contributed by atoms with Crippen LogP contribution < -0.4 is 5.32 Å². The number of carbonyl (C=O) groups is 1. The van der Waals surface area contributed by atoms with Crippen LogP contribution in [0, 0.1) is 0 Å². The molecule has 0 saturated carbocycles. The first-order valence-corrected chi connectivity index (χ1v) is 8.14. The minimum Gasteiger partial charge on any atom is -0.469 e. The third-order valence-corrected chi connectivity index (χ3v) is 5.01. The van der Waals surface area contributed by atoms with E-state index in [2.05, 4.69) is 40.0 Å². The number of ether oxygens (including phenoxy) is 1. The number of hydrogen-bond acceptors (Lipinski definition) is 6. The number of piperazine rings is 1. The number of likely N-dealkylation sites (N-methyl/N-ethyl adjacent to an activating group) is 2. The number of methoxy groups -OCH3 is 1. The molecule has 0 amide bonds. The Hall–Kier alpha value is -0.950. The number of rotatable bonds is 6. The van der Waals surface area contributed by atoms with Crippen molar-refractivity contribution in [1.82, 2.24) is 15.1 Å². The van der Waals surface area contributed by atoms with E-state index in [-0.39, 0.29) is 5.97 Å². The zero-order valence-corrected chi connectivity index (χ0v) is 13.9. The van der Waals surface area contributed by atoms with Crippen LogP contribution in [0.3, 0.4) is 0 Å². The van der Waals surface area contributed by atoms with Crippen LogP contribution in [0.5, 0.6) is 0 Å². The van der Waals surface area contributed by atoms with E-state index in [0.717, 1.165) is 37.6 Å². The number of nitrogens with zero attached hydrogens (tertiary/aromatic N) is 2. The lowest BCUT2D eigenvalue weighted by molar-refractivity contribution is -0.139. The largest absolute Gasteiger partial charge is 0.469 e. The number of carbonyl (C=O) groups excluding carboxylic acids is 1. The van der Waals surface area contributed by atoms with Gasteiger partial charge in [-0.3, -0.25) is 9.69 Å². The van der Waals surface area contributed by atoms with Gasteiger partial charge in [-0.05, 0) is 26.2 Å².